The topological polar surface area (TPSA) is 87.7 Å². The number of rotatable bonds is 3. The Morgan fingerprint density at radius 1 is 1.40 bits per heavy atom. The van der Waals surface area contributed by atoms with Gasteiger partial charge in [-0.2, -0.15) is 0 Å². The van der Waals surface area contributed by atoms with Crippen molar-refractivity contribution in [2.75, 3.05) is 43.4 Å². The fourth-order valence-electron chi connectivity index (χ4n) is 2.20. The molecule has 1 heterocycles. The maximum Gasteiger partial charge on any atom is 0.294 e. The molecule has 7 nitrogen and oxygen atoms in total. The number of anilines is 2. The molecule has 0 aromatic heterocycles. The van der Waals surface area contributed by atoms with Crippen LogP contribution in [0.5, 0.6) is 0 Å². The molecular weight excluding hydrogens is 278 g/mol. The lowest BCUT2D eigenvalue weighted by Gasteiger charge is -2.33. The lowest BCUT2D eigenvalue weighted by Crippen LogP contribution is -2.44. The lowest BCUT2D eigenvalue weighted by atomic mass is 10.2. The van der Waals surface area contributed by atoms with Crippen LogP contribution in [0.4, 0.5) is 17.1 Å². The van der Waals surface area contributed by atoms with E-state index in [-0.39, 0.29) is 15.7 Å². The molecule has 1 aliphatic rings. The molecule has 1 aliphatic heterocycles. The van der Waals surface area contributed by atoms with Gasteiger partial charge in [-0.15, -0.1) is 0 Å². The molecule has 0 aliphatic carbocycles. The molecule has 0 atom stereocenters. The van der Waals surface area contributed by atoms with E-state index in [4.69, 9.17) is 18.0 Å². The molecule has 0 saturated carbocycles. The Balaban J connectivity index is 2.28. The largest absolute Gasteiger partial charge is 0.376 e. The summed E-state index contributed by atoms with van der Waals surface area (Å²) in [4.78, 5) is 15.1. The lowest BCUT2D eigenvalue weighted by molar-refractivity contribution is -0.384. The zero-order valence-corrected chi connectivity index (χ0v) is 12.0. The van der Waals surface area contributed by atoms with Crippen molar-refractivity contribution in [1.82, 2.24) is 4.90 Å². The van der Waals surface area contributed by atoms with Gasteiger partial charge < -0.3 is 20.9 Å². The molecule has 0 radical (unpaired) electrons. The van der Waals surface area contributed by atoms with Gasteiger partial charge in [0, 0.05) is 37.9 Å². The van der Waals surface area contributed by atoms with Crippen molar-refractivity contribution in [3.8, 4) is 0 Å². The van der Waals surface area contributed by atoms with Gasteiger partial charge in [-0.3, -0.25) is 10.1 Å². The van der Waals surface area contributed by atoms with Gasteiger partial charge in [0.15, 0.2) is 5.11 Å². The molecule has 1 aromatic rings. The van der Waals surface area contributed by atoms with Gasteiger partial charge in [-0.05, 0) is 31.4 Å². The number of thiocarbonyl (C=S) groups is 1. The van der Waals surface area contributed by atoms with Gasteiger partial charge in [-0.25, -0.2) is 0 Å². The molecule has 20 heavy (non-hydrogen) atoms. The van der Waals surface area contributed by atoms with E-state index in [0.717, 1.165) is 26.2 Å². The van der Waals surface area contributed by atoms with E-state index < -0.39 is 0 Å². The van der Waals surface area contributed by atoms with Crippen LogP contribution in [-0.2, 0) is 0 Å². The second-order valence-corrected chi connectivity index (χ2v) is 5.18. The zero-order valence-electron chi connectivity index (χ0n) is 11.2. The van der Waals surface area contributed by atoms with E-state index in [9.17, 15) is 10.1 Å². The maximum atomic E-state index is 11.2. The predicted octanol–water partition coefficient (Wildman–Crippen LogP) is 1.00. The highest BCUT2D eigenvalue weighted by atomic mass is 32.1. The second-order valence-electron chi connectivity index (χ2n) is 4.74. The minimum absolute atomic E-state index is 0.0656. The molecule has 0 amide bonds. The first-order valence-corrected chi connectivity index (χ1v) is 6.66. The standard InChI is InChI=1S/C12H17N5O2S/c1-15-4-6-16(7-5-15)10-3-2-9(14-12(13)20)8-11(10)17(18)19/h2-3,8H,4-7H2,1H3,(H3,13,14,20). The third-order valence-corrected chi connectivity index (χ3v) is 3.39. The van der Waals surface area contributed by atoms with Crippen LogP contribution in [-0.4, -0.2) is 48.2 Å². The number of nitrogens with zero attached hydrogens (tertiary/aromatic N) is 3. The highest BCUT2D eigenvalue weighted by Gasteiger charge is 2.22. The van der Waals surface area contributed by atoms with Crippen LogP contribution in [0.25, 0.3) is 0 Å². The molecule has 1 fully saturated rings. The highest BCUT2D eigenvalue weighted by Crippen LogP contribution is 2.31. The van der Waals surface area contributed by atoms with Crippen molar-refractivity contribution in [1.29, 1.82) is 0 Å². The van der Waals surface area contributed by atoms with Crippen LogP contribution in [0.1, 0.15) is 0 Å². The van der Waals surface area contributed by atoms with Crippen molar-refractivity contribution >= 4 is 34.4 Å². The summed E-state index contributed by atoms with van der Waals surface area (Å²) in [7, 11) is 2.04. The second kappa shape index (κ2) is 6.02. The molecule has 1 aromatic carbocycles. The number of hydrogen-bond acceptors (Lipinski definition) is 5. The minimum atomic E-state index is -0.377. The quantitative estimate of drug-likeness (QED) is 0.488. The van der Waals surface area contributed by atoms with Crippen LogP contribution in [0, 0.1) is 10.1 Å². The average molecular weight is 295 g/mol. The average Bonchev–Trinajstić information content (AvgIpc) is 2.39. The first kappa shape index (κ1) is 14.5. The Morgan fingerprint density at radius 2 is 2.05 bits per heavy atom. The van der Waals surface area contributed by atoms with E-state index in [1.165, 1.54) is 6.07 Å². The molecule has 108 valence electrons. The zero-order chi connectivity index (χ0) is 14.7. The maximum absolute atomic E-state index is 11.2. The third kappa shape index (κ3) is 3.34. The van der Waals surface area contributed by atoms with Crippen LogP contribution in [0.2, 0.25) is 0 Å². The van der Waals surface area contributed by atoms with E-state index in [1.54, 1.807) is 12.1 Å². The van der Waals surface area contributed by atoms with Crippen LogP contribution in [0.3, 0.4) is 0 Å². The molecular formula is C12H17N5O2S. The Hall–Kier alpha value is -1.93. The fourth-order valence-corrected chi connectivity index (χ4v) is 2.32. The molecule has 0 unspecified atom stereocenters. The Morgan fingerprint density at radius 3 is 2.60 bits per heavy atom. The normalized spacial score (nSPS) is 15.9. The third-order valence-electron chi connectivity index (χ3n) is 3.28. The SMILES string of the molecule is CN1CCN(c2ccc(NC(N)=S)cc2[N+](=O)[O-])CC1. The Labute approximate surface area is 122 Å². The number of hydrogen-bond donors (Lipinski definition) is 2. The first-order chi connectivity index (χ1) is 9.47. The van der Waals surface area contributed by atoms with E-state index in [0.29, 0.717) is 11.4 Å². The summed E-state index contributed by atoms with van der Waals surface area (Å²) < 4.78 is 0. The Kier molecular flexibility index (Phi) is 4.35. The molecule has 8 heteroatoms. The van der Waals surface area contributed by atoms with Gasteiger partial charge in [0.2, 0.25) is 0 Å². The highest BCUT2D eigenvalue weighted by molar-refractivity contribution is 7.80. The van der Waals surface area contributed by atoms with Crippen molar-refractivity contribution in [3.63, 3.8) is 0 Å². The number of nitro benzene ring substituents is 1. The van der Waals surface area contributed by atoms with E-state index >= 15 is 0 Å². The van der Waals surface area contributed by atoms with Gasteiger partial charge in [0.25, 0.3) is 5.69 Å². The number of nitro groups is 1. The molecule has 0 spiro atoms. The van der Waals surface area contributed by atoms with Crippen LogP contribution in [0.15, 0.2) is 18.2 Å². The van der Waals surface area contributed by atoms with Gasteiger partial charge in [0.1, 0.15) is 5.69 Å². The summed E-state index contributed by atoms with van der Waals surface area (Å²) in [6.45, 7) is 3.34. The number of benzene rings is 1. The van der Waals surface area contributed by atoms with Gasteiger partial charge in [0.05, 0.1) is 4.92 Å². The first-order valence-electron chi connectivity index (χ1n) is 6.26. The van der Waals surface area contributed by atoms with Crippen molar-refractivity contribution in [3.05, 3.63) is 28.3 Å². The molecule has 2 rings (SSSR count). The van der Waals surface area contributed by atoms with E-state index in [2.05, 4.69) is 10.2 Å². The van der Waals surface area contributed by atoms with Crippen LogP contribution >= 0.6 is 12.2 Å². The summed E-state index contributed by atoms with van der Waals surface area (Å²) >= 11 is 4.74. The van der Waals surface area contributed by atoms with Crippen molar-refractivity contribution in [2.24, 2.45) is 5.73 Å². The number of piperazine rings is 1. The number of nitrogens with one attached hydrogen (secondary N) is 1. The molecule has 1 saturated heterocycles. The summed E-state index contributed by atoms with van der Waals surface area (Å²) in [6, 6.07) is 4.96. The van der Waals surface area contributed by atoms with E-state index in [1.807, 2.05) is 11.9 Å². The smallest absolute Gasteiger partial charge is 0.294 e. The summed E-state index contributed by atoms with van der Waals surface area (Å²) in [5.41, 5.74) is 6.61. The molecule has 3 N–H and O–H groups in total. The fraction of sp³-hybridized carbons (Fsp3) is 0.417. The predicted molar refractivity (Wildman–Crippen MR) is 83.2 cm³/mol. The number of nitrogens with two attached hydrogens (primary N) is 1. The Bertz CT molecular complexity index is 529. The monoisotopic (exact) mass is 295 g/mol. The number of likely N-dealkylation sites (N-methyl/N-ethyl adjacent to an activating group) is 1. The van der Waals surface area contributed by atoms with Crippen molar-refractivity contribution < 1.29 is 4.92 Å². The summed E-state index contributed by atoms with van der Waals surface area (Å²) in [6.07, 6.45) is 0. The van der Waals surface area contributed by atoms with Gasteiger partial charge >= 0.3 is 0 Å². The summed E-state index contributed by atoms with van der Waals surface area (Å²) in [5, 5.41) is 14.0. The summed E-state index contributed by atoms with van der Waals surface area (Å²) in [5.74, 6) is 0. The van der Waals surface area contributed by atoms with Crippen LogP contribution < -0.4 is 16.0 Å². The minimum Gasteiger partial charge on any atom is -0.376 e. The van der Waals surface area contributed by atoms with Gasteiger partial charge in [-0.1, -0.05) is 0 Å². The molecule has 0 bridgehead atoms. The van der Waals surface area contributed by atoms with Crippen molar-refractivity contribution in [2.45, 2.75) is 0 Å².